The van der Waals surface area contributed by atoms with Crippen molar-refractivity contribution in [3.63, 3.8) is 0 Å². The van der Waals surface area contributed by atoms with Gasteiger partial charge in [-0.05, 0) is 50.4 Å². The summed E-state index contributed by atoms with van der Waals surface area (Å²) in [4.78, 5) is 2.69. The van der Waals surface area contributed by atoms with Crippen LogP contribution in [0, 0.1) is 0 Å². The van der Waals surface area contributed by atoms with Gasteiger partial charge in [-0.2, -0.15) is 0 Å². The normalized spacial score (nSPS) is 21.9. The van der Waals surface area contributed by atoms with Crippen molar-refractivity contribution in [3.8, 4) is 5.75 Å². The minimum Gasteiger partial charge on any atom is -0.496 e. The average molecular weight is 275 g/mol. The van der Waals surface area contributed by atoms with Gasteiger partial charge >= 0.3 is 0 Å². The molecule has 0 heterocycles. The maximum absolute atomic E-state index is 5.61. The summed E-state index contributed by atoms with van der Waals surface area (Å²) in [6.07, 6.45) is 4.94. The Balaban J connectivity index is 2.27. The molecule has 0 radical (unpaired) electrons. The smallest absolute Gasteiger partial charge is 0.122 e. The molecule has 0 saturated carbocycles. The predicted molar refractivity (Wildman–Crippen MR) is 85.7 cm³/mol. The lowest BCUT2D eigenvalue weighted by atomic mass is 9.79. The van der Waals surface area contributed by atoms with Crippen LogP contribution in [-0.2, 0) is 6.42 Å². The molecule has 112 valence electrons. The molecule has 0 fully saturated rings. The van der Waals surface area contributed by atoms with Crippen molar-refractivity contribution in [2.75, 3.05) is 20.2 Å². The molecular formula is C18H29NO. The van der Waals surface area contributed by atoms with E-state index in [1.807, 2.05) is 0 Å². The van der Waals surface area contributed by atoms with Crippen LogP contribution in [0.3, 0.4) is 0 Å². The molecule has 0 saturated heterocycles. The van der Waals surface area contributed by atoms with E-state index in [1.54, 1.807) is 7.11 Å². The topological polar surface area (TPSA) is 12.5 Å². The lowest BCUT2D eigenvalue weighted by Crippen LogP contribution is -2.42. The standard InChI is InChI=1S/C18H29NO/c1-5-12-19(13-6-2)16-11-10-15-8-7-9-17(20-4)18(15)14(16)3/h7-9,14,16H,5-6,10-13H2,1-4H3/t14-,16-/m1/s1. The van der Waals surface area contributed by atoms with Gasteiger partial charge in [0.2, 0.25) is 0 Å². The third-order valence-corrected chi connectivity index (χ3v) is 4.61. The third kappa shape index (κ3) is 3.01. The molecule has 1 aliphatic carbocycles. The van der Waals surface area contributed by atoms with E-state index in [4.69, 9.17) is 4.74 Å². The van der Waals surface area contributed by atoms with Crippen LogP contribution in [0.15, 0.2) is 18.2 Å². The van der Waals surface area contributed by atoms with Crippen molar-refractivity contribution < 1.29 is 4.74 Å². The van der Waals surface area contributed by atoms with Crippen LogP contribution in [0.25, 0.3) is 0 Å². The second-order valence-electron chi connectivity index (χ2n) is 5.96. The Hall–Kier alpha value is -1.02. The summed E-state index contributed by atoms with van der Waals surface area (Å²) in [6, 6.07) is 7.18. The average Bonchev–Trinajstić information content (AvgIpc) is 2.47. The fourth-order valence-corrected chi connectivity index (χ4v) is 3.76. The van der Waals surface area contributed by atoms with Crippen LogP contribution in [0.5, 0.6) is 5.75 Å². The maximum Gasteiger partial charge on any atom is 0.122 e. The highest BCUT2D eigenvalue weighted by Crippen LogP contribution is 2.39. The first-order valence-electron chi connectivity index (χ1n) is 8.12. The number of hydrogen-bond donors (Lipinski definition) is 0. The SMILES string of the molecule is CCCN(CCC)[C@@H]1CCc2cccc(OC)c2[C@@H]1C. The van der Waals surface area contributed by atoms with E-state index in [0.29, 0.717) is 12.0 Å². The fraction of sp³-hybridized carbons (Fsp3) is 0.667. The summed E-state index contributed by atoms with van der Waals surface area (Å²) < 4.78 is 5.61. The Morgan fingerprint density at radius 3 is 2.50 bits per heavy atom. The molecule has 0 aromatic heterocycles. The van der Waals surface area contributed by atoms with Gasteiger partial charge in [-0.1, -0.05) is 32.9 Å². The predicted octanol–water partition coefficient (Wildman–Crippen LogP) is 4.24. The zero-order valence-corrected chi connectivity index (χ0v) is 13.5. The Morgan fingerprint density at radius 2 is 1.90 bits per heavy atom. The largest absolute Gasteiger partial charge is 0.496 e. The van der Waals surface area contributed by atoms with Crippen molar-refractivity contribution in [2.24, 2.45) is 0 Å². The molecule has 0 N–H and O–H groups in total. The van der Waals surface area contributed by atoms with Crippen LogP contribution in [0.1, 0.15) is 57.1 Å². The molecule has 2 heteroatoms. The van der Waals surface area contributed by atoms with Crippen molar-refractivity contribution in [2.45, 2.75) is 58.4 Å². The maximum atomic E-state index is 5.61. The van der Waals surface area contributed by atoms with Gasteiger partial charge in [0, 0.05) is 17.5 Å². The van der Waals surface area contributed by atoms with Gasteiger partial charge in [-0.3, -0.25) is 4.90 Å². The molecule has 0 spiro atoms. The molecular weight excluding hydrogens is 246 g/mol. The van der Waals surface area contributed by atoms with Crippen molar-refractivity contribution in [1.29, 1.82) is 0 Å². The fourth-order valence-electron chi connectivity index (χ4n) is 3.76. The third-order valence-electron chi connectivity index (χ3n) is 4.61. The van der Waals surface area contributed by atoms with E-state index in [1.165, 1.54) is 49.9 Å². The molecule has 1 aromatic rings. The van der Waals surface area contributed by atoms with E-state index in [2.05, 4.69) is 43.9 Å². The van der Waals surface area contributed by atoms with E-state index in [9.17, 15) is 0 Å². The van der Waals surface area contributed by atoms with Gasteiger partial charge in [0.1, 0.15) is 5.75 Å². The second kappa shape index (κ2) is 7.12. The zero-order valence-electron chi connectivity index (χ0n) is 13.5. The summed E-state index contributed by atoms with van der Waals surface area (Å²) in [5, 5.41) is 0. The number of hydrogen-bond acceptors (Lipinski definition) is 2. The molecule has 2 rings (SSSR count). The van der Waals surface area contributed by atoms with Crippen LogP contribution in [0.2, 0.25) is 0 Å². The first kappa shape index (κ1) is 15.4. The van der Waals surface area contributed by atoms with Gasteiger partial charge in [0.05, 0.1) is 7.11 Å². The van der Waals surface area contributed by atoms with Gasteiger partial charge in [-0.25, -0.2) is 0 Å². The Kier molecular flexibility index (Phi) is 5.47. The monoisotopic (exact) mass is 275 g/mol. The van der Waals surface area contributed by atoms with E-state index in [-0.39, 0.29) is 0 Å². The highest BCUT2D eigenvalue weighted by atomic mass is 16.5. The number of nitrogens with zero attached hydrogens (tertiary/aromatic N) is 1. The molecule has 2 atom stereocenters. The quantitative estimate of drug-likeness (QED) is 0.770. The summed E-state index contributed by atoms with van der Waals surface area (Å²) >= 11 is 0. The van der Waals surface area contributed by atoms with Crippen LogP contribution < -0.4 is 4.74 Å². The highest BCUT2D eigenvalue weighted by Gasteiger charge is 2.31. The van der Waals surface area contributed by atoms with Crippen molar-refractivity contribution in [3.05, 3.63) is 29.3 Å². The van der Waals surface area contributed by atoms with Gasteiger partial charge in [-0.15, -0.1) is 0 Å². The molecule has 0 unspecified atom stereocenters. The number of rotatable bonds is 6. The van der Waals surface area contributed by atoms with E-state index < -0.39 is 0 Å². The van der Waals surface area contributed by atoms with Crippen molar-refractivity contribution >= 4 is 0 Å². The first-order valence-corrected chi connectivity index (χ1v) is 8.12. The summed E-state index contributed by atoms with van der Waals surface area (Å²) in [6.45, 7) is 9.37. The number of fused-ring (bicyclic) bond motifs is 1. The molecule has 0 amide bonds. The Bertz CT molecular complexity index is 409. The van der Waals surface area contributed by atoms with Crippen LogP contribution in [-0.4, -0.2) is 31.1 Å². The van der Waals surface area contributed by atoms with Gasteiger partial charge in [0.25, 0.3) is 0 Å². The molecule has 0 aliphatic heterocycles. The number of benzene rings is 1. The number of methoxy groups -OCH3 is 1. The van der Waals surface area contributed by atoms with Crippen LogP contribution in [0.4, 0.5) is 0 Å². The lowest BCUT2D eigenvalue weighted by molar-refractivity contribution is 0.157. The van der Waals surface area contributed by atoms with E-state index >= 15 is 0 Å². The van der Waals surface area contributed by atoms with Gasteiger partial charge < -0.3 is 4.74 Å². The van der Waals surface area contributed by atoms with Crippen LogP contribution >= 0.6 is 0 Å². The first-order chi connectivity index (χ1) is 9.72. The zero-order chi connectivity index (χ0) is 14.5. The van der Waals surface area contributed by atoms with E-state index in [0.717, 1.165) is 5.75 Å². The molecule has 20 heavy (non-hydrogen) atoms. The lowest BCUT2D eigenvalue weighted by Gasteiger charge is -2.40. The minimum atomic E-state index is 0.563. The highest BCUT2D eigenvalue weighted by molar-refractivity contribution is 5.45. The number of aryl methyl sites for hydroxylation is 1. The summed E-state index contributed by atoms with van der Waals surface area (Å²) in [5.74, 6) is 1.64. The second-order valence-corrected chi connectivity index (χ2v) is 5.96. The summed E-state index contributed by atoms with van der Waals surface area (Å²) in [5.41, 5.74) is 2.93. The number of ether oxygens (including phenoxy) is 1. The summed E-state index contributed by atoms with van der Waals surface area (Å²) in [7, 11) is 1.79. The molecule has 1 aromatic carbocycles. The van der Waals surface area contributed by atoms with Crippen molar-refractivity contribution in [1.82, 2.24) is 4.90 Å². The Morgan fingerprint density at radius 1 is 1.20 bits per heavy atom. The van der Waals surface area contributed by atoms with Gasteiger partial charge in [0.15, 0.2) is 0 Å². The Labute approximate surface area is 124 Å². The molecule has 0 bridgehead atoms. The minimum absolute atomic E-state index is 0.563. The molecule has 1 aliphatic rings. The molecule has 2 nitrogen and oxygen atoms in total.